The van der Waals surface area contributed by atoms with Gasteiger partial charge in [-0.15, -0.1) is 24.0 Å². The monoisotopic (exact) mass is 490 g/mol. The molecule has 0 spiro atoms. The second-order valence-corrected chi connectivity index (χ2v) is 6.95. The molecule has 0 radical (unpaired) electrons. The van der Waals surface area contributed by atoms with Gasteiger partial charge in [0.2, 0.25) is 0 Å². The van der Waals surface area contributed by atoms with Crippen LogP contribution >= 0.6 is 24.0 Å². The van der Waals surface area contributed by atoms with Crippen molar-refractivity contribution < 1.29 is 9.47 Å². The highest BCUT2D eigenvalue weighted by molar-refractivity contribution is 14.0. The minimum Gasteiger partial charge on any atom is -0.493 e. The van der Waals surface area contributed by atoms with Crippen molar-refractivity contribution in [1.82, 2.24) is 15.5 Å². The highest BCUT2D eigenvalue weighted by Crippen LogP contribution is 2.26. The van der Waals surface area contributed by atoms with Crippen molar-refractivity contribution in [2.75, 3.05) is 46.9 Å². The molecule has 2 rings (SSSR count). The first kappa shape index (κ1) is 23.8. The summed E-state index contributed by atoms with van der Waals surface area (Å²) >= 11 is 0. The zero-order valence-corrected chi connectivity index (χ0v) is 19.4. The number of methoxy groups -OCH3 is 1. The predicted molar refractivity (Wildman–Crippen MR) is 123 cm³/mol. The number of para-hydroxylation sites is 2. The lowest BCUT2D eigenvalue weighted by molar-refractivity contribution is 0.210. The number of nitrogens with zero attached hydrogens (tertiary/aromatic N) is 2. The molecule has 2 unspecified atom stereocenters. The number of guanidine groups is 1. The SMILES string of the molecule is CCNC(=NCC(C)Oc1ccccc1OC)NCC1CCCN(C)C1.I. The molecular formula is C20H35IN4O2. The maximum absolute atomic E-state index is 5.98. The molecule has 1 fully saturated rings. The summed E-state index contributed by atoms with van der Waals surface area (Å²) in [5.41, 5.74) is 0. The molecule has 1 heterocycles. The van der Waals surface area contributed by atoms with E-state index in [-0.39, 0.29) is 30.1 Å². The van der Waals surface area contributed by atoms with Crippen molar-refractivity contribution >= 4 is 29.9 Å². The lowest BCUT2D eigenvalue weighted by atomic mass is 9.99. The van der Waals surface area contributed by atoms with Gasteiger partial charge in [0.05, 0.1) is 13.7 Å². The van der Waals surface area contributed by atoms with Gasteiger partial charge in [0.15, 0.2) is 17.5 Å². The maximum Gasteiger partial charge on any atom is 0.191 e. The highest BCUT2D eigenvalue weighted by atomic mass is 127. The first-order valence-electron chi connectivity index (χ1n) is 9.62. The van der Waals surface area contributed by atoms with Crippen molar-refractivity contribution in [1.29, 1.82) is 0 Å². The number of likely N-dealkylation sites (tertiary alicyclic amines) is 1. The van der Waals surface area contributed by atoms with E-state index in [9.17, 15) is 0 Å². The summed E-state index contributed by atoms with van der Waals surface area (Å²) in [5.74, 6) is 3.03. The Kier molecular flexibility index (Phi) is 11.5. The summed E-state index contributed by atoms with van der Waals surface area (Å²) in [4.78, 5) is 7.09. The second-order valence-electron chi connectivity index (χ2n) is 6.95. The van der Waals surface area contributed by atoms with Crippen LogP contribution in [0.25, 0.3) is 0 Å². The molecule has 0 saturated carbocycles. The third-order valence-electron chi connectivity index (χ3n) is 4.53. The van der Waals surface area contributed by atoms with Crippen LogP contribution in [0.4, 0.5) is 0 Å². The first-order chi connectivity index (χ1) is 12.6. The van der Waals surface area contributed by atoms with E-state index in [1.165, 1.54) is 19.4 Å². The Morgan fingerprint density at radius 1 is 1.30 bits per heavy atom. The van der Waals surface area contributed by atoms with Crippen molar-refractivity contribution in [2.45, 2.75) is 32.8 Å². The molecule has 6 nitrogen and oxygen atoms in total. The van der Waals surface area contributed by atoms with Gasteiger partial charge in [-0.2, -0.15) is 0 Å². The molecule has 0 aromatic heterocycles. The molecule has 2 atom stereocenters. The summed E-state index contributed by atoms with van der Waals surface area (Å²) < 4.78 is 11.3. The number of aliphatic imine (C=N–C) groups is 1. The Bertz CT molecular complexity index is 571. The summed E-state index contributed by atoms with van der Waals surface area (Å²) in [7, 11) is 3.85. The Balaban J connectivity index is 0.00000364. The number of piperidine rings is 1. The summed E-state index contributed by atoms with van der Waals surface area (Å²) in [6.45, 7) is 8.85. The smallest absolute Gasteiger partial charge is 0.191 e. The van der Waals surface area contributed by atoms with Crippen molar-refractivity contribution in [3.05, 3.63) is 24.3 Å². The van der Waals surface area contributed by atoms with Gasteiger partial charge in [-0.1, -0.05) is 12.1 Å². The standard InChI is InChI=1S/C20H34N4O2.HI/c1-5-21-20(23-14-17-9-8-12-24(3)15-17)22-13-16(2)26-19-11-7-6-10-18(19)25-4;/h6-7,10-11,16-17H,5,8-9,12-15H2,1-4H3,(H2,21,22,23);1H. The van der Waals surface area contributed by atoms with Gasteiger partial charge in [0.25, 0.3) is 0 Å². The normalized spacial score (nSPS) is 19.0. The second kappa shape index (κ2) is 13.0. The van der Waals surface area contributed by atoms with Gasteiger partial charge >= 0.3 is 0 Å². The van der Waals surface area contributed by atoms with E-state index in [1.807, 2.05) is 31.2 Å². The van der Waals surface area contributed by atoms with E-state index in [4.69, 9.17) is 9.47 Å². The minimum absolute atomic E-state index is 0. The number of halogens is 1. The van der Waals surface area contributed by atoms with Crippen LogP contribution in [0.1, 0.15) is 26.7 Å². The Hall–Kier alpha value is -1.22. The van der Waals surface area contributed by atoms with Crippen LogP contribution < -0.4 is 20.1 Å². The molecule has 27 heavy (non-hydrogen) atoms. The molecule has 1 aromatic rings. The Labute approximate surface area is 181 Å². The van der Waals surface area contributed by atoms with E-state index in [0.29, 0.717) is 12.5 Å². The lowest BCUT2D eigenvalue weighted by Gasteiger charge is -2.30. The predicted octanol–water partition coefficient (Wildman–Crippen LogP) is 2.98. The average molecular weight is 490 g/mol. The average Bonchev–Trinajstić information content (AvgIpc) is 2.64. The molecule has 0 aliphatic carbocycles. The van der Waals surface area contributed by atoms with Gasteiger partial charge in [0.1, 0.15) is 6.10 Å². The van der Waals surface area contributed by atoms with Crippen LogP contribution in [0.15, 0.2) is 29.3 Å². The molecule has 1 saturated heterocycles. The molecule has 1 aliphatic heterocycles. The fraction of sp³-hybridized carbons (Fsp3) is 0.650. The van der Waals surface area contributed by atoms with Crippen molar-refractivity contribution in [3.8, 4) is 11.5 Å². The number of benzene rings is 1. The largest absolute Gasteiger partial charge is 0.493 e. The number of hydrogen-bond donors (Lipinski definition) is 2. The molecule has 0 bridgehead atoms. The lowest BCUT2D eigenvalue weighted by Crippen LogP contribution is -2.43. The molecule has 0 amide bonds. The molecule has 1 aliphatic rings. The summed E-state index contributed by atoms with van der Waals surface area (Å²) in [6.07, 6.45) is 2.52. The summed E-state index contributed by atoms with van der Waals surface area (Å²) in [6, 6.07) is 7.70. The van der Waals surface area contributed by atoms with Crippen LogP contribution in [0.3, 0.4) is 0 Å². The zero-order chi connectivity index (χ0) is 18.8. The van der Waals surface area contributed by atoms with Gasteiger partial charge in [-0.3, -0.25) is 0 Å². The molecular weight excluding hydrogens is 455 g/mol. The van der Waals surface area contributed by atoms with Crippen LogP contribution in [-0.2, 0) is 0 Å². The maximum atomic E-state index is 5.98. The van der Waals surface area contributed by atoms with E-state index in [1.54, 1.807) is 7.11 Å². The first-order valence-corrected chi connectivity index (χ1v) is 9.62. The third-order valence-corrected chi connectivity index (χ3v) is 4.53. The topological polar surface area (TPSA) is 58.1 Å². The fourth-order valence-electron chi connectivity index (χ4n) is 3.21. The fourth-order valence-corrected chi connectivity index (χ4v) is 3.21. The van der Waals surface area contributed by atoms with Crippen LogP contribution in [0, 0.1) is 5.92 Å². The molecule has 7 heteroatoms. The van der Waals surface area contributed by atoms with Crippen LogP contribution in [-0.4, -0.2) is 63.8 Å². The zero-order valence-electron chi connectivity index (χ0n) is 17.0. The van der Waals surface area contributed by atoms with E-state index >= 15 is 0 Å². The number of rotatable bonds is 8. The number of ether oxygens (including phenoxy) is 2. The van der Waals surface area contributed by atoms with Crippen LogP contribution in [0.2, 0.25) is 0 Å². The number of hydrogen-bond acceptors (Lipinski definition) is 4. The van der Waals surface area contributed by atoms with E-state index in [0.717, 1.165) is 37.1 Å². The number of nitrogens with one attached hydrogen (secondary N) is 2. The third kappa shape index (κ3) is 8.55. The Morgan fingerprint density at radius 3 is 2.70 bits per heavy atom. The van der Waals surface area contributed by atoms with Gasteiger partial charge < -0.3 is 25.0 Å². The van der Waals surface area contributed by atoms with Crippen LogP contribution in [0.5, 0.6) is 11.5 Å². The minimum atomic E-state index is -0.0393. The highest BCUT2D eigenvalue weighted by Gasteiger charge is 2.17. The molecule has 2 N–H and O–H groups in total. The Morgan fingerprint density at radius 2 is 2.04 bits per heavy atom. The molecule has 154 valence electrons. The van der Waals surface area contributed by atoms with Crippen molar-refractivity contribution in [3.63, 3.8) is 0 Å². The van der Waals surface area contributed by atoms with E-state index in [2.05, 4.69) is 34.5 Å². The van der Waals surface area contributed by atoms with E-state index < -0.39 is 0 Å². The summed E-state index contributed by atoms with van der Waals surface area (Å²) in [5, 5.41) is 6.80. The van der Waals surface area contributed by atoms with Gasteiger partial charge in [-0.05, 0) is 58.3 Å². The van der Waals surface area contributed by atoms with Crippen molar-refractivity contribution in [2.24, 2.45) is 10.9 Å². The molecule has 1 aromatic carbocycles. The quantitative estimate of drug-likeness (QED) is 0.334. The van der Waals surface area contributed by atoms with Gasteiger partial charge in [-0.25, -0.2) is 4.99 Å². The van der Waals surface area contributed by atoms with Gasteiger partial charge in [0, 0.05) is 19.6 Å².